The molecular formula is C17H14ClN3O3S2. The highest BCUT2D eigenvalue weighted by atomic mass is 35.5. The molecule has 0 saturated carbocycles. The molecule has 26 heavy (non-hydrogen) atoms. The van der Waals surface area contributed by atoms with Crippen LogP contribution in [0.4, 0.5) is 11.4 Å². The van der Waals surface area contributed by atoms with Crippen LogP contribution in [0, 0.1) is 6.92 Å². The minimum absolute atomic E-state index is 0.00538. The molecule has 0 atom stereocenters. The molecule has 2 aliphatic rings. The highest BCUT2D eigenvalue weighted by Crippen LogP contribution is 2.42. The third-order valence-corrected chi connectivity index (χ3v) is 6.71. The summed E-state index contributed by atoms with van der Waals surface area (Å²) in [4.78, 5) is 15.3. The van der Waals surface area contributed by atoms with Gasteiger partial charge >= 0.3 is 0 Å². The molecule has 2 heterocycles. The number of thioether (sulfide) groups is 1. The number of nitrogens with zero attached hydrogens (tertiary/aromatic N) is 2. The first kappa shape index (κ1) is 17.4. The molecule has 1 N–H and O–H groups in total. The molecule has 2 aromatic carbocycles. The number of anilines is 2. The zero-order valence-electron chi connectivity index (χ0n) is 13.7. The van der Waals surface area contributed by atoms with Crippen molar-refractivity contribution in [3.63, 3.8) is 0 Å². The lowest BCUT2D eigenvalue weighted by Gasteiger charge is -2.22. The van der Waals surface area contributed by atoms with Gasteiger partial charge in [-0.3, -0.25) is 4.79 Å². The number of hydrogen-bond acceptors (Lipinski definition) is 5. The van der Waals surface area contributed by atoms with E-state index in [9.17, 15) is 13.2 Å². The molecule has 0 radical (unpaired) electrons. The number of benzene rings is 2. The maximum Gasteiger partial charge on any atom is 0.257 e. The standard InChI is InChI=1S/C17H14ClN3O3S2/c1-10-8-12(18)3-4-13(10)19-16(22)11-2-5-14-15(9-11)25-17-20-26(23,24)7-6-21(14)17/h2-5,8-9H,6-7H2,1H3,(H,19,22). The number of fused-ring (bicyclic) bond motifs is 3. The normalized spacial score (nSPS) is 17.3. The van der Waals surface area contributed by atoms with E-state index in [0.29, 0.717) is 28.0 Å². The van der Waals surface area contributed by atoms with E-state index in [4.69, 9.17) is 11.6 Å². The predicted octanol–water partition coefficient (Wildman–Crippen LogP) is 3.51. The fourth-order valence-corrected chi connectivity index (χ4v) is 5.36. The highest BCUT2D eigenvalue weighted by molar-refractivity contribution is 8.15. The zero-order chi connectivity index (χ0) is 18.5. The molecule has 6 nitrogen and oxygen atoms in total. The second kappa shape index (κ2) is 6.29. The fraction of sp³-hybridized carbons (Fsp3) is 0.176. The van der Waals surface area contributed by atoms with Crippen molar-refractivity contribution >= 4 is 55.8 Å². The Morgan fingerprint density at radius 1 is 1.27 bits per heavy atom. The van der Waals surface area contributed by atoms with Crippen molar-refractivity contribution in [2.75, 3.05) is 22.5 Å². The summed E-state index contributed by atoms with van der Waals surface area (Å²) in [6.07, 6.45) is 0. The van der Waals surface area contributed by atoms with E-state index in [-0.39, 0.29) is 11.7 Å². The minimum Gasteiger partial charge on any atom is -0.322 e. The molecular weight excluding hydrogens is 394 g/mol. The van der Waals surface area contributed by atoms with Gasteiger partial charge in [0.1, 0.15) is 0 Å². The summed E-state index contributed by atoms with van der Waals surface area (Å²) in [7, 11) is -3.39. The maximum absolute atomic E-state index is 12.6. The molecule has 0 aliphatic carbocycles. The number of hydrogen-bond donors (Lipinski definition) is 1. The van der Waals surface area contributed by atoms with Crippen LogP contribution in [0.25, 0.3) is 0 Å². The van der Waals surface area contributed by atoms with Crippen molar-refractivity contribution in [3.05, 3.63) is 52.5 Å². The van der Waals surface area contributed by atoms with E-state index in [1.54, 1.807) is 30.3 Å². The van der Waals surface area contributed by atoms with Crippen molar-refractivity contribution in [1.29, 1.82) is 0 Å². The van der Waals surface area contributed by atoms with Gasteiger partial charge in [-0.25, -0.2) is 8.42 Å². The number of sulfonamides is 1. The third-order valence-electron chi connectivity index (χ3n) is 4.17. The second-order valence-corrected chi connectivity index (χ2v) is 9.21. The minimum atomic E-state index is -3.39. The Balaban J connectivity index is 1.60. The van der Waals surface area contributed by atoms with Crippen LogP contribution in [0.1, 0.15) is 15.9 Å². The number of carbonyl (C=O) groups is 1. The van der Waals surface area contributed by atoms with Crippen molar-refractivity contribution in [1.82, 2.24) is 0 Å². The monoisotopic (exact) mass is 407 g/mol. The molecule has 0 saturated heterocycles. The lowest BCUT2D eigenvalue weighted by Crippen LogP contribution is -2.35. The summed E-state index contributed by atoms with van der Waals surface area (Å²) < 4.78 is 27.2. The Bertz CT molecular complexity index is 1070. The van der Waals surface area contributed by atoms with Crippen LogP contribution in [0.3, 0.4) is 0 Å². The van der Waals surface area contributed by atoms with Crippen molar-refractivity contribution in [2.45, 2.75) is 11.8 Å². The number of amides is 1. The van der Waals surface area contributed by atoms with Crippen molar-refractivity contribution in [3.8, 4) is 0 Å². The average Bonchev–Trinajstić information content (AvgIpc) is 2.92. The van der Waals surface area contributed by atoms with Crippen LogP contribution in [0.5, 0.6) is 0 Å². The topological polar surface area (TPSA) is 78.8 Å². The molecule has 0 unspecified atom stereocenters. The molecule has 1 amide bonds. The number of rotatable bonds is 2. The van der Waals surface area contributed by atoms with Crippen LogP contribution in [-0.2, 0) is 10.0 Å². The van der Waals surface area contributed by atoms with Gasteiger partial charge in [-0.2, -0.15) is 0 Å². The highest BCUT2D eigenvalue weighted by Gasteiger charge is 2.33. The van der Waals surface area contributed by atoms with E-state index < -0.39 is 10.0 Å². The quantitative estimate of drug-likeness (QED) is 0.824. The first-order chi connectivity index (χ1) is 12.3. The van der Waals surface area contributed by atoms with Gasteiger partial charge in [0.25, 0.3) is 15.9 Å². The summed E-state index contributed by atoms with van der Waals surface area (Å²) >= 11 is 7.20. The van der Waals surface area contributed by atoms with Gasteiger partial charge in [0, 0.05) is 27.7 Å². The maximum atomic E-state index is 12.6. The van der Waals surface area contributed by atoms with Crippen LogP contribution < -0.4 is 10.2 Å². The lowest BCUT2D eigenvalue weighted by atomic mass is 10.1. The van der Waals surface area contributed by atoms with Crippen molar-refractivity contribution in [2.24, 2.45) is 4.40 Å². The summed E-state index contributed by atoms with van der Waals surface area (Å²) in [5.74, 6) is -0.243. The lowest BCUT2D eigenvalue weighted by molar-refractivity contribution is 0.102. The third kappa shape index (κ3) is 3.20. The smallest absolute Gasteiger partial charge is 0.257 e. The Labute approximate surface area is 160 Å². The summed E-state index contributed by atoms with van der Waals surface area (Å²) in [5.41, 5.74) is 2.94. The molecule has 4 rings (SSSR count). The zero-order valence-corrected chi connectivity index (χ0v) is 16.1. The average molecular weight is 408 g/mol. The fourth-order valence-electron chi connectivity index (χ4n) is 2.83. The van der Waals surface area contributed by atoms with E-state index >= 15 is 0 Å². The molecule has 0 spiro atoms. The van der Waals surface area contributed by atoms with E-state index in [0.717, 1.165) is 16.1 Å². The largest absolute Gasteiger partial charge is 0.322 e. The first-order valence-corrected chi connectivity index (χ1v) is 10.6. The summed E-state index contributed by atoms with van der Waals surface area (Å²) in [6.45, 7) is 2.24. The van der Waals surface area contributed by atoms with Crippen LogP contribution in [0.2, 0.25) is 5.02 Å². The van der Waals surface area contributed by atoms with Crippen LogP contribution in [-0.4, -0.2) is 31.8 Å². The first-order valence-electron chi connectivity index (χ1n) is 7.82. The molecule has 0 bridgehead atoms. The number of amidine groups is 1. The van der Waals surface area contributed by atoms with Gasteiger partial charge in [-0.1, -0.05) is 11.6 Å². The number of aryl methyl sites for hydroxylation is 1. The van der Waals surface area contributed by atoms with Gasteiger partial charge < -0.3 is 10.2 Å². The Hall–Kier alpha value is -2.03. The van der Waals surface area contributed by atoms with Gasteiger partial charge in [0.05, 0.1) is 11.4 Å². The molecule has 134 valence electrons. The second-order valence-electron chi connectivity index (χ2n) is 6.01. The van der Waals surface area contributed by atoms with E-state index in [1.165, 1.54) is 11.8 Å². The van der Waals surface area contributed by atoms with Crippen LogP contribution >= 0.6 is 23.4 Å². The van der Waals surface area contributed by atoms with Gasteiger partial charge in [-0.05, 0) is 60.6 Å². The van der Waals surface area contributed by atoms with E-state index in [2.05, 4.69) is 9.71 Å². The molecule has 2 aliphatic heterocycles. The Kier molecular flexibility index (Phi) is 4.21. The number of carbonyl (C=O) groups excluding carboxylic acids is 1. The summed E-state index contributed by atoms with van der Waals surface area (Å²) in [6, 6.07) is 10.6. The Morgan fingerprint density at radius 3 is 2.85 bits per heavy atom. The SMILES string of the molecule is Cc1cc(Cl)ccc1NC(=O)c1ccc2c(c1)SC1=NS(=O)(=O)CCN12. The molecule has 0 fully saturated rings. The van der Waals surface area contributed by atoms with Gasteiger partial charge in [-0.15, -0.1) is 4.40 Å². The predicted molar refractivity (Wildman–Crippen MR) is 105 cm³/mol. The molecule has 2 aromatic rings. The van der Waals surface area contributed by atoms with Crippen molar-refractivity contribution < 1.29 is 13.2 Å². The summed E-state index contributed by atoms with van der Waals surface area (Å²) in [5, 5.41) is 3.93. The number of halogens is 1. The van der Waals surface area contributed by atoms with E-state index in [1.807, 2.05) is 17.9 Å². The number of nitrogens with one attached hydrogen (secondary N) is 1. The Morgan fingerprint density at radius 2 is 2.08 bits per heavy atom. The van der Waals surface area contributed by atoms with Gasteiger partial charge in [0.2, 0.25) is 0 Å². The molecule has 0 aromatic heterocycles. The van der Waals surface area contributed by atoms with Crippen LogP contribution in [0.15, 0.2) is 45.7 Å². The van der Waals surface area contributed by atoms with Gasteiger partial charge in [0.15, 0.2) is 5.17 Å². The molecule has 9 heteroatoms.